The highest BCUT2D eigenvalue weighted by Gasteiger charge is 2.42. The highest BCUT2D eigenvalue weighted by Crippen LogP contribution is 2.37. The van der Waals surface area contributed by atoms with E-state index < -0.39 is 14.4 Å². The monoisotopic (exact) mass is 411 g/mol. The molecule has 1 aromatic carbocycles. The van der Waals surface area contributed by atoms with E-state index in [-0.39, 0.29) is 17.0 Å². The first-order valence-corrected chi connectivity index (χ1v) is 12.7. The summed E-state index contributed by atoms with van der Waals surface area (Å²) in [6.07, 6.45) is -0.662. The third kappa shape index (κ3) is 6.50. The number of esters is 1. The van der Waals surface area contributed by atoms with Gasteiger partial charge in [0, 0.05) is 24.2 Å². The van der Waals surface area contributed by atoms with Gasteiger partial charge in [-0.25, -0.2) is 4.79 Å². The third-order valence-corrected chi connectivity index (χ3v) is 9.77. The van der Waals surface area contributed by atoms with E-state index in [1.54, 1.807) is 14.2 Å². The fraction of sp³-hybridized carbons (Fsp3) is 0.667. The van der Waals surface area contributed by atoms with Gasteiger partial charge in [0.05, 0.1) is 20.8 Å². The second-order valence-corrected chi connectivity index (χ2v) is 13.2. The zero-order valence-electron chi connectivity index (χ0n) is 18.8. The van der Waals surface area contributed by atoms with Gasteiger partial charge in [-0.2, -0.15) is 0 Å². The summed E-state index contributed by atoms with van der Waals surface area (Å²) >= 11 is 0. The summed E-state index contributed by atoms with van der Waals surface area (Å²) in [5.74, 6) is 1.14. The van der Waals surface area contributed by atoms with E-state index in [4.69, 9.17) is 18.6 Å². The van der Waals surface area contributed by atoms with Gasteiger partial charge in [0.25, 0.3) is 0 Å². The molecule has 6 nitrogen and oxygen atoms in total. The van der Waals surface area contributed by atoms with Crippen LogP contribution < -0.4 is 14.8 Å². The maximum absolute atomic E-state index is 12.6. The van der Waals surface area contributed by atoms with Crippen molar-refractivity contribution < 1.29 is 23.4 Å². The number of ether oxygens (including phenoxy) is 3. The molecule has 0 aliphatic rings. The number of benzene rings is 1. The predicted molar refractivity (Wildman–Crippen MR) is 115 cm³/mol. The average molecular weight is 412 g/mol. The molecule has 0 fully saturated rings. The molecule has 1 rings (SSSR count). The van der Waals surface area contributed by atoms with Gasteiger partial charge >= 0.3 is 5.97 Å². The number of hydrogen-bond donors (Lipinski definition) is 1. The topological polar surface area (TPSA) is 66.0 Å². The normalized spacial score (nSPS) is 14.3. The Labute approximate surface area is 171 Å². The number of rotatable bonds is 10. The summed E-state index contributed by atoms with van der Waals surface area (Å²) in [6.45, 7) is 15.4. The Morgan fingerprint density at radius 1 is 1.18 bits per heavy atom. The van der Waals surface area contributed by atoms with E-state index in [0.717, 1.165) is 17.1 Å². The highest BCUT2D eigenvalue weighted by molar-refractivity contribution is 6.74. The standard InChI is InChI=1S/C21H37NO5Si/c1-10-26-20(23)19(27-28(8,9)21(3,4)5)15(2)22-14-16-11-12-17(24-6)13-18(16)25-7/h11-13,15,19,22H,10,14H2,1-9H3/t15-,19-/m0/s1. The number of nitrogens with one attached hydrogen (secondary N) is 1. The quantitative estimate of drug-likeness (QED) is 0.461. The summed E-state index contributed by atoms with van der Waals surface area (Å²) < 4.78 is 22.4. The van der Waals surface area contributed by atoms with Gasteiger partial charge in [0.2, 0.25) is 0 Å². The van der Waals surface area contributed by atoms with E-state index in [2.05, 4.69) is 39.2 Å². The molecule has 0 aliphatic heterocycles. The molecule has 160 valence electrons. The molecule has 0 heterocycles. The zero-order chi connectivity index (χ0) is 21.5. The Kier molecular flexibility index (Phi) is 8.98. The van der Waals surface area contributed by atoms with E-state index in [0.29, 0.717) is 13.2 Å². The summed E-state index contributed by atoms with van der Waals surface area (Å²) in [6, 6.07) is 5.46. The fourth-order valence-corrected chi connectivity index (χ4v) is 3.74. The Morgan fingerprint density at radius 2 is 1.82 bits per heavy atom. The van der Waals surface area contributed by atoms with Gasteiger partial charge in [-0.1, -0.05) is 26.8 Å². The summed E-state index contributed by atoms with van der Waals surface area (Å²) in [5, 5.41) is 3.40. The van der Waals surface area contributed by atoms with Crippen LogP contribution in [0.4, 0.5) is 0 Å². The van der Waals surface area contributed by atoms with E-state index in [9.17, 15) is 4.79 Å². The van der Waals surface area contributed by atoms with Gasteiger partial charge in [-0.3, -0.25) is 0 Å². The van der Waals surface area contributed by atoms with Crippen LogP contribution in [0.3, 0.4) is 0 Å². The second kappa shape index (κ2) is 10.3. The Morgan fingerprint density at radius 3 is 2.32 bits per heavy atom. The predicted octanol–water partition coefficient (Wildman–Crippen LogP) is 4.14. The van der Waals surface area contributed by atoms with Crippen molar-refractivity contribution >= 4 is 14.3 Å². The smallest absolute Gasteiger partial charge is 0.335 e. The van der Waals surface area contributed by atoms with E-state index in [1.165, 1.54) is 0 Å². The first kappa shape index (κ1) is 24.5. The molecule has 0 spiro atoms. The minimum absolute atomic E-state index is 0.00331. The molecule has 0 saturated carbocycles. The van der Waals surface area contributed by atoms with Crippen LogP contribution in [0.1, 0.15) is 40.2 Å². The van der Waals surface area contributed by atoms with Crippen LogP contribution in [0.25, 0.3) is 0 Å². The minimum atomic E-state index is -2.14. The number of carbonyl (C=O) groups excluding carboxylic acids is 1. The zero-order valence-corrected chi connectivity index (χ0v) is 19.8. The molecular formula is C21H37NO5Si. The molecule has 7 heteroatoms. The molecule has 28 heavy (non-hydrogen) atoms. The van der Waals surface area contributed by atoms with Crippen molar-refractivity contribution in [2.75, 3.05) is 20.8 Å². The Bertz CT molecular complexity index is 642. The van der Waals surface area contributed by atoms with Gasteiger partial charge in [-0.15, -0.1) is 0 Å². The number of methoxy groups -OCH3 is 2. The Balaban J connectivity index is 2.95. The maximum Gasteiger partial charge on any atom is 0.335 e. The summed E-state index contributed by atoms with van der Waals surface area (Å²) in [5.41, 5.74) is 0.977. The van der Waals surface area contributed by atoms with Crippen LogP contribution in [-0.2, 0) is 20.5 Å². The summed E-state index contributed by atoms with van der Waals surface area (Å²) in [7, 11) is 1.11. The first-order chi connectivity index (χ1) is 13.0. The SMILES string of the molecule is CCOC(=O)[C@@H](O[Si](C)(C)C(C)(C)C)[C@H](C)NCc1ccc(OC)cc1OC. The lowest BCUT2D eigenvalue weighted by Crippen LogP contribution is -2.53. The van der Waals surface area contributed by atoms with Gasteiger partial charge in [-0.05, 0) is 38.0 Å². The van der Waals surface area contributed by atoms with Gasteiger partial charge < -0.3 is 24.0 Å². The van der Waals surface area contributed by atoms with Crippen molar-refractivity contribution in [1.29, 1.82) is 0 Å². The summed E-state index contributed by atoms with van der Waals surface area (Å²) in [4.78, 5) is 12.6. The molecule has 0 unspecified atom stereocenters. The average Bonchev–Trinajstić information content (AvgIpc) is 2.63. The lowest BCUT2D eigenvalue weighted by Gasteiger charge is -2.40. The molecule has 1 aromatic rings. The third-order valence-electron chi connectivity index (χ3n) is 5.31. The lowest BCUT2D eigenvalue weighted by atomic mass is 10.1. The van der Waals surface area contributed by atoms with Gasteiger partial charge in [0.1, 0.15) is 11.5 Å². The molecule has 2 atom stereocenters. The van der Waals surface area contributed by atoms with Crippen molar-refractivity contribution in [2.24, 2.45) is 0 Å². The Hall–Kier alpha value is -1.57. The van der Waals surface area contributed by atoms with Crippen molar-refractivity contribution in [2.45, 2.75) is 71.4 Å². The molecule has 0 aliphatic carbocycles. The first-order valence-electron chi connectivity index (χ1n) is 9.75. The number of hydrogen-bond acceptors (Lipinski definition) is 6. The van der Waals surface area contributed by atoms with Crippen molar-refractivity contribution in [1.82, 2.24) is 5.32 Å². The minimum Gasteiger partial charge on any atom is -0.497 e. The molecule has 0 radical (unpaired) electrons. The second-order valence-electron chi connectivity index (χ2n) is 8.40. The fourth-order valence-electron chi connectivity index (χ4n) is 2.45. The molecule has 0 bridgehead atoms. The number of carbonyl (C=O) groups is 1. The molecule has 0 saturated heterocycles. The maximum atomic E-state index is 12.6. The van der Waals surface area contributed by atoms with Crippen molar-refractivity contribution in [3.05, 3.63) is 23.8 Å². The largest absolute Gasteiger partial charge is 0.497 e. The molecule has 1 N–H and O–H groups in total. The van der Waals surface area contributed by atoms with Crippen molar-refractivity contribution in [3.8, 4) is 11.5 Å². The molecular weight excluding hydrogens is 374 g/mol. The lowest BCUT2D eigenvalue weighted by molar-refractivity contribution is -0.153. The van der Waals surface area contributed by atoms with Crippen LogP contribution in [0.2, 0.25) is 18.1 Å². The van der Waals surface area contributed by atoms with Crippen LogP contribution in [0, 0.1) is 0 Å². The highest BCUT2D eigenvalue weighted by atomic mass is 28.4. The van der Waals surface area contributed by atoms with Crippen LogP contribution in [0.5, 0.6) is 11.5 Å². The van der Waals surface area contributed by atoms with E-state index in [1.807, 2.05) is 32.0 Å². The van der Waals surface area contributed by atoms with Crippen LogP contribution in [0.15, 0.2) is 18.2 Å². The van der Waals surface area contributed by atoms with Gasteiger partial charge in [0.15, 0.2) is 14.4 Å². The van der Waals surface area contributed by atoms with Crippen LogP contribution in [-0.4, -0.2) is 47.3 Å². The molecule has 0 amide bonds. The van der Waals surface area contributed by atoms with E-state index >= 15 is 0 Å². The van der Waals surface area contributed by atoms with Crippen LogP contribution >= 0.6 is 0 Å². The van der Waals surface area contributed by atoms with Crippen molar-refractivity contribution in [3.63, 3.8) is 0 Å². The molecule has 0 aromatic heterocycles.